The minimum Gasteiger partial charge on any atom is -0.192 e. The number of nitriles is 2. The first-order valence-electron chi connectivity index (χ1n) is 8.79. The number of hydrogen-bond donors (Lipinski definition) is 0. The molecule has 130 valence electrons. The molecular formula is C25H20N2. The Balaban J connectivity index is 2.69. The fraction of sp³-hybridized carbons (Fsp3) is 0.120. The van der Waals surface area contributed by atoms with Crippen LogP contribution in [0.2, 0.25) is 0 Å². The number of nitrogens with zero attached hydrogens (tertiary/aromatic N) is 2. The average Bonchev–Trinajstić information content (AvgIpc) is 2.67. The minimum absolute atomic E-state index is 0.411. The van der Waals surface area contributed by atoms with Crippen LogP contribution in [0, 0.1) is 22.7 Å². The number of rotatable bonds is 3. The van der Waals surface area contributed by atoms with Gasteiger partial charge in [-0.05, 0) is 42.9 Å². The lowest BCUT2D eigenvalue weighted by atomic mass is 9.81. The van der Waals surface area contributed by atoms with Crippen LogP contribution in [-0.2, 0) is 0 Å². The van der Waals surface area contributed by atoms with Gasteiger partial charge in [0.05, 0.1) is 11.1 Å². The molecule has 0 unspecified atom stereocenters. The molecule has 3 aromatic rings. The molecule has 0 saturated carbocycles. The zero-order valence-corrected chi connectivity index (χ0v) is 15.8. The molecule has 0 amide bonds. The summed E-state index contributed by atoms with van der Waals surface area (Å²) in [6.45, 7) is 10.1. The standard InChI is InChI=1S/C25H20N2/c1-16(2)23(17(3)4)25-22(15-27)21(14-26)19-12-8-9-13-20(19)24(25)18-10-6-5-7-11-18/h5-13H,1H2,2-4H3. The van der Waals surface area contributed by atoms with Crippen molar-refractivity contribution in [3.8, 4) is 23.3 Å². The number of fused-ring (bicyclic) bond motifs is 1. The van der Waals surface area contributed by atoms with Crippen LogP contribution in [0.1, 0.15) is 37.5 Å². The van der Waals surface area contributed by atoms with Crippen molar-refractivity contribution in [2.45, 2.75) is 20.8 Å². The van der Waals surface area contributed by atoms with E-state index in [0.717, 1.165) is 44.2 Å². The maximum Gasteiger partial charge on any atom is 0.101 e. The Morgan fingerprint density at radius 1 is 0.778 bits per heavy atom. The van der Waals surface area contributed by atoms with Gasteiger partial charge >= 0.3 is 0 Å². The van der Waals surface area contributed by atoms with Crippen LogP contribution in [0.5, 0.6) is 0 Å². The fourth-order valence-corrected chi connectivity index (χ4v) is 3.71. The van der Waals surface area contributed by atoms with Gasteiger partial charge in [0, 0.05) is 10.9 Å². The monoisotopic (exact) mass is 348 g/mol. The summed E-state index contributed by atoms with van der Waals surface area (Å²) >= 11 is 0. The third-order valence-corrected chi connectivity index (χ3v) is 4.68. The van der Waals surface area contributed by atoms with E-state index in [4.69, 9.17) is 0 Å². The second-order valence-corrected chi connectivity index (χ2v) is 6.79. The zero-order chi connectivity index (χ0) is 19.6. The lowest BCUT2D eigenvalue weighted by Crippen LogP contribution is -2.02. The summed E-state index contributed by atoms with van der Waals surface area (Å²) in [7, 11) is 0. The molecule has 0 spiro atoms. The van der Waals surface area contributed by atoms with Gasteiger partial charge < -0.3 is 0 Å². The van der Waals surface area contributed by atoms with Crippen molar-refractivity contribution in [2.75, 3.05) is 0 Å². The van der Waals surface area contributed by atoms with Crippen LogP contribution in [0.25, 0.3) is 27.5 Å². The van der Waals surface area contributed by atoms with Crippen molar-refractivity contribution >= 4 is 16.3 Å². The SMILES string of the molecule is C=C(C)C(=C(C)C)c1c(C#N)c(C#N)c2ccccc2c1-c1ccccc1. The summed E-state index contributed by atoms with van der Waals surface area (Å²) in [4.78, 5) is 0. The molecule has 0 fully saturated rings. The number of allylic oxidation sites excluding steroid dienone is 3. The number of benzene rings is 3. The molecule has 0 bridgehead atoms. The van der Waals surface area contributed by atoms with E-state index in [1.54, 1.807) is 0 Å². The molecule has 0 N–H and O–H groups in total. The maximum atomic E-state index is 10.0. The van der Waals surface area contributed by atoms with Gasteiger partial charge in [-0.3, -0.25) is 0 Å². The normalized spacial score (nSPS) is 10.1. The van der Waals surface area contributed by atoms with Crippen LogP contribution in [-0.4, -0.2) is 0 Å². The van der Waals surface area contributed by atoms with Crippen molar-refractivity contribution in [3.63, 3.8) is 0 Å². The largest absolute Gasteiger partial charge is 0.192 e. The zero-order valence-electron chi connectivity index (χ0n) is 15.8. The predicted octanol–water partition coefficient (Wildman–Crippen LogP) is 6.62. The first kappa shape index (κ1) is 18.2. The summed E-state index contributed by atoms with van der Waals surface area (Å²) in [5.74, 6) is 0. The lowest BCUT2D eigenvalue weighted by molar-refractivity contribution is 1.34. The summed E-state index contributed by atoms with van der Waals surface area (Å²) < 4.78 is 0. The van der Waals surface area contributed by atoms with Gasteiger partial charge in [0.25, 0.3) is 0 Å². The van der Waals surface area contributed by atoms with Crippen LogP contribution in [0.15, 0.2) is 72.3 Å². The molecule has 2 heteroatoms. The molecule has 0 aliphatic heterocycles. The first-order valence-corrected chi connectivity index (χ1v) is 8.79. The second kappa shape index (κ2) is 7.32. The van der Waals surface area contributed by atoms with Gasteiger partial charge in [0.15, 0.2) is 0 Å². The minimum atomic E-state index is 0.411. The molecule has 2 nitrogen and oxygen atoms in total. The maximum absolute atomic E-state index is 10.0. The molecule has 0 saturated heterocycles. The van der Waals surface area contributed by atoms with E-state index >= 15 is 0 Å². The van der Waals surface area contributed by atoms with E-state index in [1.165, 1.54) is 0 Å². The smallest absolute Gasteiger partial charge is 0.101 e. The van der Waals surface area contributed by atoms with E-state index in [-0.39, 0.29) is 0 Å². The van der Waals surface area contributed by atoms with E-state index in [9.17, 15) is 10.5 Å². The van der Waals surface area contributed by atoms with Crippen molar-refractivity contribution in [3.05, 3.63) is 89.0 Å². The molecule has 0 radical (unpaired) electrons. The Bertz CT molecular complexity index is 1160. The Morgan fingerprint density at radius 3 is 1.85 bits per heavy atom. The van der Waals surface area contributed by atoms with Crippen LogP contribution in [0.4, 0.5) is 0 Å². The molecular weight excluding hydrogens is 328 g/mol. The molecule has 0 aliphatic carbocycles. The Morgan fingerprint density at radius 2 is 1.33 bits per heavy atom. The summed E-state index contributed by atoms with van der Waals surface area (Å²) in [5, 5.41) is 21.6. The molecule has 0 aromatic heterocycles. The first-order chi connectivity index (χ1) is 13.0. The molecule has 3 rings (SSSR count). The Kier molecular flexibility index (Phi) is 4.93. The van der Waals surface area contributed by atoms with E-state index in [1.807, 2.05) is 75.4 Å². The van der Waals surface area contributed by atoms with Gasteiger partial charge in [0.1, 0.15) is 12.1 Å². The quantitative estimate of drug-likeness (QED) is 0.499. The summed E-state index contributed by atoms with van der Waals surface area (Å²) in [6, 6.07) is 22.4. The van der Waals surface area contributed by atoms with Gasteiger partial charge in [-0.1, -0.05) is 72.3 Å². The average molecular weight is 348 g/mol. The molecule has 27 heavy (non-hydrogen) atoms. The number of hydrogen-bond acceptors (Lipinski definition) is 2. The highest BCUT2D eigenvalue weighted by Crippen LogP contribution is 2.43. The van der Waals surface area contributed by atoms with Crippen LogP contribution >= 0.6 is 0 Å². The van der Waals surface area contributed by atoms with Crippen LogP contribution in [0.3, 0.4) is 0 Å². The van der Waals surface area contributed by atoms with Crippen molar-refractivity contribution in [2.24, 2.45) is 0 Å². The highest BCUT2D eigenvalue weighted by atomic mass is 14.3. The lowest BCUT2D eigenvalue weighted by Gasteiger charge is -2.21. The molecule has 0 heterocycles. The second-order valence-electron chi connectivity index (χ2n) is 6.79. The highest BCUT2D eigenvalue weighted by molar-refractivity contribution is 6.08. The topological polar surface area (TPSA) is 47.6 Å². The molecule has 0 atom stereocenters. The Labute approximate surface area is 160 Å². The molecule has 3 aromatic carbocycles. The molecule has 0 aliphatic rings. The van der Waals surface area contributed by atoms with Gasteiger partial charge in [0.2, 0.25) is 0 Å². The van der Waals surface area contributed by atoms with E-state index in [0.29, 0.717) is 11.1 Å². The van der Waals surface area contributed by atoms with Crippen LogP contribution < -0.4 is 0 Å². The van der Waals surface area contributed by atoms with Crippen molar-refractivity contribution in [1.29, 1.82) is 10.5 Å². The van der Waals surface area contributed by atoms with Crippen molar-refractivity contribution < 1.29 is 0 Å². The third kappa shape index (κ3) is 3.03. The van der Waals surface area contributed by atoms with Gasteiger partial charge in [-0.2, -0.15) is 10.5 Å². The Hall–Kier alpha value is -3.62. The van der Waals surface area contributed by atoms with Gasteiger partial charge in [-0.15, -0.1) is 0 Å². The van der Waals surface area contributed by atoms with Gasteiger partial charge in [-0.25, -0.2) is 0 Å². The van der Waals surface area contributed by atoms with E-state index in [2.05, 4.69) is 18.7 Å². The summed E-state index contributed by atoms with van der Waals surface area (Å²) in [6.07, 6.45) is 0. The fourth-order valence-electron chi connectivity index (χ4n) is 3.71. The third-order valence-electron chi connectivity index (χ3n) is 4.68. The van der Waals surface area contributed by atoms with Crippen molar-refractivity contribution in [1.82, 2.24) is 0 Å². The van der Waals surface area contributed by atoms with E-state index < -0.39 is 0 Å². The predicted molar refractivity (Wildman–Crippen MR) is 112 cm³/mol. The highest BCUT2D eigenvalue weighted by Gasteiger charge is 2.23. The summed E-state index contributed by atoms with van der Waals surface area (Å²) in [5.41, 5.74) is 6.50.